The summed E-state index contributed by atoms with van der Waals surface area (Å²) < 4.78 is 0.437. The summed E-state index contributed by atoms with van der Waals surface area (Å²) in [4.78, 5) is 45.4. The van der Waals surface area contributed by atoms with Gasteiger partial charge in [0.1, 0.15) is 0 Å². The standard InChI is InChI=1S/C14H13N7O3S/c1-20-9-14(17-11(23)19-18-9,10(22)21(2)13(20)24)6-3-4-7-8(5-6)16-12(25)15-7/h3-5H,1-2H3,(H2,15,16,25)(H2,17,19,23). The smallest absolute Gasteiger partial charge is 0.331 e. The van der Waals surface area contributed by atoms with Gasteiger partial charge in [-0.2, -0.15) is 5.10 Å². The predicted octanol–water partition coefficient (Wildman–Crippen LogP) is 0.571. The average Bonchev–Trinajstić information content (AvgIpc) is 2.97. The summed E-state index contributed by atoms with van der Waals surface area (Å²) in [6.07, 6.45) is 0. The van der Waals surface area contributed by atoms with Crippen LogP contribution in [0.4, 0.5) is 9.59 Å². The molecule has 0 spiro atoms. The van der Waals surface area contributed by atoms with E-state index >= 15 is 0 Å². The van der Waals surface area contributed by atoms with Crippen LogP contribution >= 0.6 is 12.2 Å². The molecule has 4 N–H and O–H groups in total. The van der Waals surface area contributed by atoms with Crippen LogP contribution in [0.25, 0.3) is 11.0 Å². The van der Waals surface area contributed by atoms with Gasteiger partial charge < -0.3 is 15.3 Å². The highest BCUT2D eigenvalue weighted by atomic mass is 32.1. The van der Waals surface area contributed by atoms with Gasteiger partial charge in [-0.25, -0.2) is 15.0 Å². The number of rotatable bonds is 1. The molecule has 4 rings (SSSR count). The van der Waals surface area contributed by atoms with Crippen LogP contribution in [0.3, 0.4) is 0 Å². The van der Waals surface area contributed by atoms with E-state index in [1.165, 1.54) is 19.0 Å². The Morgan fingerprint density at radius 2 is 1.80 bits per heavy atom. The summed E-state index contributed by atoms with van der Waals surface area (Å²) in [7, 11) is 2.84. The van der Waals surface area contributed by atoms with Gasteiger partial charge in [-0.3, -0.25) is 14.6 Å². The van der Waals surface area contributed by atoms with Crippen molar-refractivity contribution in [1.29, 1.82) is 0 Å². The molecule has 1 aromatic heterocycles. The zero-order chi connectivity index (χ0) is 17.9. The fourth-order valence-electron chi connectivity index (χ4n) is 3.16. The first-order valence-corrected chi connectivity index (χ1v) is 7.70. The lowest BCUT2D eigenvalue weighted by molar-refractivity contribution is -0.133. The molecule has 1 unspecified atom stereocenters. The Hall–Kier alpha value is -3.21. The maximum atomic E-state index is 13.0. The van der Waals surface area contributed by atoms with E-state index in [0.29, 0.717) is 15.9 Å². The van der Waals surface area contributed by atoms with Crippen LogP contribution in [-0.2, 0) is 10.3 Å². The first-order valence-electron chi connectivity index (χ1n) is 7.29. The molecule has 0 bridgehead atoms. The van der Waals surface area contributed by atoms with Crippen LogP contribution in [0, 0.1) is 4.77 Å². The van der Waals surface area contributed by atoms with Crippen LogP contribution < -0.4 is 10.7 Å². The number of amidine groups is 1. The van der Waals surface area contributed by atoms with E-state index in [4.69, 9.17) is 12.2 Å². The molecule has 10 nitrogen and oxygen atoms in total. The zero-order valence-corrected chi connectivity index (χ0v) is 14.0. The lowest BCUT2D eigenvalue weighted by atomic mass is 9.84. The summed E-state index contributed by atoms with van der Waals surface area (Å²) in [5.74, 6) is -0.508. The number of fused-ring (bicyclic) bond motifs is 2. The first kappa shape index (κ1) is 15.3. The molecule has 2 aromatic rings. The number of hydrogen-bond donors (Lipinski definition) is 4. The van der Waals surface area contributed by atoms with E-state index in [1.807, 2.05) is 0 Å². The third kappa shape index (κ3) is 1.92. The summed E-state index contributed by atoms with van der Waals surface area (Å²) >= 11 is 5.08. The van der Waals surface area contributed by atoms with Crippen molar-refractivity contribution < 1.29 is 14.4 Å². The third-order valence-corrected chi connectivity index (χ3v) is 4.57. The zero-order valence-electron chi connectivity index (χ0n) is 13.2. The van der Waals surface area contributed by atoms with E-state index < -0.39 is 23.5 Å². The number of carbonyl (C=O) groups excluding carboxylic acids is 3. The van der Waals surface area contributed by atoms with Gasteiger partial charge in [0, 0.05) is 14.1 Å². The molecule has 128 valence electrons. The van der Waals surface area contributed by atoms with Crippen LogP contribution in [-0.4, -0.2) is 57.7 Å². The van der Waals surface area contributed by atoms with Crippen molar-refractivity contribution in [2.75, 3.05) is 14.1 Å². The third-order valence-electron chi connectivity index (χ3n) is 4.37. The van der Waals surface area contributed by atoms with Crippen molar-refractivity contribution in [2.45, 2.75) is 5.54 Å². The van der Waals surface area contributed by atoms with Gasteiger partial charge in [0.2, 0.25) is 5.54 Å². The molecule has 11 heteroatoms. The summed E-state index contributed by atoms with van der Waals surface area (Å²) in [6.45, 7) is 0. The Bertz CT molecular complexity index is 1040. The Kier molecular flexibility index (Phi) is 3.00. The summed E-state index contributed by atoms with van der Waals surface area (Å²) in [6, 6.07) is 3.92. The Morgan fingerprint density at radius 1 is 1.08 bits per heavy atom. The van der Waals surface area contributed by atoms with Gasteiger partial charge in [0.25, 0.3) is 5.91 Å². The molecule has 3 heterocycles. The lowest BCUT2D eigenvalue weighted by Crippen LogP contribution is -2.74. The fourth-order valence-corrected chi connectivity index (χ4v) is 3.38. The van der Waals surface area contributed by atoms with Gasteiger partial charge in [0.15, 0.2) is 10.6 Å². The highest BCUT2D eigenvalue weighted by Crippen LogP contribution is 2.33. The molecule has 5 amide bonds. The second kappa shape index (κ2) is 4.89. The number of amides is 5. The average molecular weight is 359 g/mol. The number of hydrazone groups is 1. The number of likely N-dealkylation sites (N-methyl/N-ethyl adjacent to an activating group) is 2. The molecule has 0 radical (unpaired) electrons. The van der Waals surface area contributed by atoms with E-state index in [2.05, 4.69) is 25.8 Å². The minimum atomic E-state index is -1.61. The normalized spacial score (nSPS) is 23.3. The second-order valence-corrected chi connectivity index (χ2v) is 6.20. The molecule has 0 aliphatic carbocycles. The number of nitrogens with zero attached hydrogens (tertiary/aromatic N) is 3. The van der Waals surface area contributed by atoms with Crippen molar-refractivity contribution in [3.63, 3.8) is 0 Å². The van der Waals surface area contributed by atoms with Crippen LogP contribution in [0.15, 0.2) is 23.3 Å². The number of hydrogen-bond acceptors (Lipinski definition) is 5. The summed E-state index contributed by atoms with van der Waals surface area (Å²) in [5.41, 5.74) is 2.51. The maximum Gasteiger partial charge on any atom is 0.336 e. The van der Waals surface area contributed by atoms with Gasteiger partial charge in [-0.1, -0.05) is 6.07 Å². The van der Waals surface area contributed by atoms with Gasteiger partial charge in [-0.15, -0.1) is 0 Å². The molecular formula is C14H13N7O3S. The van der Waals surface area contributed by atoms with Crippen LogP contribution in [0.2, 0.25) is 0 Å². The number of imide groups is 1. The minimum Gasteiger partial charge on any atom is -0.331 e. The molecule has 0 saturated carbocycles. The molecular weight excluding hydrogens is 346 g/mol. The number of imidazole rings is 1. The number of aromatic amines is 2. The van der Waals surface area contributed by atoms with Gasteiger partial charge in [0.05, 0.1) is 11.0 Å². The largest absolute Gasteiger partial charge is 0.336 e. The fraction of sp³-hybridized carbons (Fsp3) is 0.214. The Labute approximate surface area is 145 Å². The number of aromatic nitrogens is 2. The molecule has 1 atom stereocenters. The van der Waals surface area contributed by atoms with Gasteiger partial charge >= 0.3 is 12.1 Å². The van der Waals surface area contributed by atoms with Crippen LogP contribution in [0.1, 0.15) is 5.56 Å². The van der Waals surface area contributed by atoms with E-state index in [0.717, 1.165) is 10.4 Å². The SMILES string of the molecule is CN1C(=O)N(C)C2=NNC(=O)NC2(c2ccc3[nH]c(=S)[nH]c3c2)C1=O. The number of carbonyl (C=O) groups is 3. The lowest BCUT2D eigenvalue weighted by Gasteiger charge is -2.45. The van der Waals surface area contributed by atoms with E-state index in [9.17, 15) is 14.4 Å². The molecule has 1 saturated heterocycles. The summed E-state index contributed by atoms with van der Waals surface area (Å²) in [5, 5.41) is 6.59. The Balaban J connectivity index is 2.01. The maximum absolute atomic E-state index is 13.0. The van der Waals surface area contributed by atoms with Gasteiger partial charge in [-0.05, 0) is 29.9 Å². The molecule has 1 aromatic carbocycles. The monoisotopic (exact) mass is 359 g/mol. The second-order valence-electron chi connectivity index (χ2n) is 5.80. The molecule has 25 heavy (non-hydrogen) atoms. The highest BCUT2D eigenvalue weighted by Gasteiger charge is 2.57. The first-order chi connectivity index (χ1) is 11.8. The number of H-pyrrole nitrogens is 2. The van der Waals surface area contributed by atoms with E-state index in [-0.39, 0.29) is 5.84 Å². The van der Waals surface area contributed by atoms with Crippen molar-refractivity contribution in [3.8, 4) is 0 Å². The van der Waals surface area contributed by atoms with E-state index in [1.54, 1.807) is 18.2 Å². The van der Waals surface area contributed by atoms with Crippen molar-refractivity contribution in [3.05, 3.63) is 28.5 Å². The molecule has 2 aliphatic heterocycles. The van der Waals surface area contributed by atoms with Crippen molar-refractivity contribution in [2.24, 2.45) is 5.10 Å². The Morgan fingerprint density at radius 3 is 2.56 bits per heavy atom. The van der Waals surface area contributed by atoms with Crippen LogP contribution in [0.5, 0.6) is 0 Å². The quantitative estimate of drug-likeness (QED) is 0.555. The predicted molar refractivity (Wildman–Crippen MR) is 90.2 cm³/mol. The topological polar surface area (TPSA) is 126 Å². The van der Waals surface area contributed by atoms with Crippen molar-refractivity contribution in [1.82, 2.24) is 30.5 Å². The highest BCUT2D eigenvalue weighted by molar-refractivity contribution is 7.71. The van der Waals surface area contributed by atoms with Crippen molar-refractivity contribution >= 4 is 47.1 Å². The molecule has 2 aliphatic rings. The number of urea groups is 2. The minimum absolute atomic E-state index is 0.0914. The molecule has 1 fully saturated rings. The number of nitrogens with one attached hydrogen (secondary N) is 4. The number of benzene rings is 1.